The van der Waals surface area contributed by atoms with Gasteiger partial charge in [0.05, 0.1) is 11.4 Å². The SMILES string of the molecule is c1ccc(-c2ccc(N(c3ccccc3-c3cc4ccccc4c4ccccc34)c3cccc(-c4cccc5oc6ccccc6c45)c3-c3cccc(-c4ccccc4)c3)cc2)cc1. The van der Waals surface area contributed by atoms with Gasteiger partial charge in [-0.25, -0.2) is 0 Å². The van der Waals surface area contributed by atoms with Crippen LogP contribution in [0.15, 0.2) is 253 Å². The fourth-order valence-corrected chi connectivity index (χ4v) is 9.75. The molecule has 0 fully saturated rings. The summed E-state index contributed by atoms with van der Waals surface area (Å²) in [6.45, 7) is 0. The Morgan fingerprint density at radius 1 is 0.281 bits per heavy atom. The van der Waals surface area contributed by atoms with Crippen LogP contribution in [-0.4, -0.2) is 0 Å². The number of hydrogen-bond acceptors (Lipinski definition) is 2. The van der Waals surface area contributed by atoms with Gasteiger partial charge in [0.2, 0.25) is 0 Å². The molecule has 1 aromatic heterocycles. The molecule has 11 aromatic carbocycles. The maximum absolute atomic E-state index is 6.52. The van der Waals surface area contributed by atoms with Gasteiger partial charge in [0.25, 0.3) is 0 Å². The minimum absolute atomic E-state index is 0.870. The molecule has 300 valence electrons. The van der Waals surface area contributed by atoms with Crippen molar-refractivity contribution in [2.45, 2.75) is 0 Å². The lowest BCUT2D eigenvalue weighted by molar-refractivity contribution is 0.669. The molecule has 0 aliphatic rings. The molecule has 0 radical (unpaired) electrons. The maximum atomic E-state index is 6.52. The summed E-state index contributed by atoms with van der Waals surface area (Å²) in [6, 6.07) is 89.9. The van der Waals surface area contributed by atoms with E-state index in [0.29, 0.717) is 0 Å². The summed E-state index contributed by atoms with van der Waals surface area (Å²) < 4.78 is 6.52. The lowest BCUT2D eigenvalue weighted by atomic mass is 9.88. The normalized spacial score (nSPS) is 11.4. The third-order valence-corrected chi connectivity index (χ3v) is 12.7. The molecule has 0 saturated heterocycles. The van der Waals surface area contributed by atoms with Gasteiger partial charge >= 0.3 is 0 Å². The predicted molar refractivity (Wildman–Crippen MR) is 271 cm³/mol. The van der Waals surface area contributed by atoms with E-state index >= 15 is 0 Å². The van der Waals surface area contributed by atoms with Gasteiger partial charge < -0.3 is 9.32 Å². The van der Waals surface area contributed by atoms with Crippen LogP contribution in [0.3, 0.4) is 0 Å². The van der Waals surface area contributed by atoms with E-state index in [4.69, 9.17) is 4.42 Å². The third kappa shape index (κ3) is 6.44. The summed E-state index contributed by atoms with van der Waals surface area (Å²) in [7, 11) is 0. The Morgan fingerprint density at radius 2 is 0.812 bits per heavy atom. The zero-order chi connectivity index (χ0) is 42.4. The Kier molecular flexibility index (Phi) is 9.20. The zero-order valence-electron chi connectivity index (χ0n) is 35.0. The monoisotopic (exact) mass is 815 g/mol. The van der Waals surface area contributed by atoms with Gasteiger partial charge in [0.1, 0.15) is 11.2 Å². The standard InChI is InChI=1S/C62H41NO/c1-3-18-42(19-4-1)44-36-38-48(39-37-44)63(57-32-13-11-28-52(57)56-41-46-22-7-8-25-49(46)50-26-9-10-27-51(50)56)58-33-16-30-53(54-31-17-35-60-62(54)55-29-12-14-34-59(55)64-60)61(58)47-24-15-23-45(40-47)43-20-5-2-6-21-43/h1-41H. The van der Waals surface area contributed by atoms with E-state index in [0.717, 1.165) is 72.4 Å². The van der Waals surface area contributed by atoms with Gasteiger partial charge in [0, 0.05) is 27.6 Å². The van der Waals surface area contributed by atoms with E-state index in [1.54, 1.807) is 0 Å². The maximum Gasteiger partial charge on any atom is 0.136 e. The number of anilines is 3. The predicted octanol–water partition coefficient (Wildman–Crippen LogP) is 17.7. The quantitative estimate of drug-likeness (QED) is 0.142. The number of fused-ring (bicyclic) bond motifs is 6. The summed E-state index contributed by atoms with van der Waals surface area (Å²) in [5.74, 6) is 0. The van der Waals surface area contributed by atoms with Crippen LogP contribution in [-0.2, 0) is 0 Å². The van der Waals surface area contributed by atoms with E-state index in [-0.39, 0.29) is 0 Å². The van der Waals surface area contributed by atoms with Crippen LogP contribution in [0.1, 0.15) is 0 Å². The summed E-state index contributed by atoms with van der Waals surface area (Å²) >= 11 is 0. The number of para-hydroxylation sites is 2. The Balaban J connectivity index is 1.17. The van der Waals surface area contributed by atoms with Gasteiger partial charge in [-0.15, -0.1) is 0 Å². The average molecular weight is 816 g/mol. The minimum Gasteiger partial charge on any atom is -0.456 e. The summed E-state index contributed by atoms with van der Waals surface area (Å²) in [5.41, 5.74) is 16.5. The molecule has 0 spiro atoms. The fraction of sp³-hybridized carbons (Fsp3) is 0. The molecule has 0 aliphatic heterocycles. The number of rotatable bonds is 8. The highest BCUT2D eigenvalue weighted by Crippen LogP contribution is 2.51. The first-order valence-corrected chi connectivity index (χ1v) is 21.9. The molecule has 0 aliphatic carbocycles. The van der Waals surface area contributed by atoms with E-state index in [2.05, 4.69) is 248 Å². The van der Waals surface area contributed by atoms with Crippen molar-refractivity contribution in [1.82, 2.24) is 0 Å². The molecule has 12 aromatic rings. The van der Waals surface area contributed by atoms with Crippen LogP contribution in [0.4, 0.5) is 17.1 Å². The first-order chi connectivity index (χ1) is 31.8. The third-order valence-electron chi connectivity index (χ3n) is 12.7. The molecule has 0 atom stereocenters. The first kappa shape index (κ1) is 37.3. The van der Waals surface area contributed by atoms with Crippen molar-refractivity contribution in [3.8, 4) is 55.6 Å². The summed E-state index contributed by atoms with van der Waals surface area (Å²) in [4.78, 5) is 2.48. The van der Waals surface area contributed by atoms with Crippen LogP contribution < -0.4 is 4.90 Å². The largest absolute Gasteiger partial charge is 0.456 e. The van der Waals surface area contributed by atoms with Crippen molar-refractivity contribution >= 4 is 60.5 Å². The Labute approximate surface area is 372 Å². The van der Waals surface area contributed by atoms with Crippen molar-refractivity contribution in [1.29, 1.82) is 0 Å². The Morgan fingerprint density at radius 3 is 1.62 bits per heavy atom. The second-order valence-electron chi connectivity index (χ2n) is 16.4. The summed E-state index contributed by atoms with van der Waals surface area (Å²) in [5, 5.41) is 7.13. The highest BCUT2D eigenvalue weighted by molar-refractivity contribution is 6.17. The van der Waals surface area contributed by atoms with Crippen LogP contribution in [0.5, 0.6) is 0 Å². The number of nitrogens with zero attached hydrogens (tertiary/aromatic N) is 1. The van der Waals surface area contributed by atoms with Gasteiger partial charge in [0.15, 0.2) is 0 Å². The van der Waals surface area contributed by atoms with Crippen LogP contribution in [0.25, 0.3) is 99.1 Å². The summed E-state index contributed by atoms with van der Waals surface area (Å²) in [6.07, 6.45) is 0. The molecule has 64 heavy (non-hydrogen) atoms. The lowest BCUT2D eigenvalue weighted by Gasteiger charge is -2.31. The molecular formula is C62H41NO. The van der Waals surface area contributed by atoms with Crippen molar-refractivity contribution < 1.29 is 4.42 Å². The molecule has 1 heterocycles. The van der Waals surface area contributed by atoms with Crippen molar-refractivity contribution in [2.75, 3.05) is 4.90 Å². The number of hydrogen-bond donors (Lipinski definition) is 0. The average Bonchev–Trinajstić information content (AvgIpc) is 3.76. The topological polar surface area (TPSA) is 16.4 Å². The second-order valence-corrected chi connectivity index (χ2v) is 16.4. The van der Waals surface area contributed by atoms with Crippen molar-refractivity contribution in [3.05, 3.63) is 249 Å². The second kappa shape index (κ2) is 15.8. The molecule has 0 unspecified atom stereocenters. The zero-order valence-corrected chi connectivity index (χ0v) is 35.0. The first-order valence-electron chi connectivity index (χ1n) is 21.9. The number of benzene rings is 11. The molecule has 2 nitrogen and oxygen atoms in total. The van der Waals surface area contributed by atoms with Crippen molar-refractivity contribution in [2.24, 2.45) is 0 Å². The highest BCUT2D eigenvalue weighted by atomic mass is 16.3. The number of furan rings is 1. The lowest BCUT2D eigenvalue weighted by Crippen LogP contribution is -2.13. The van der Waals surface area contributed by atoms with E-state index < -0.39 is 0 Å². The minimum atomic E-state index is 0.870. The molecule has 0 saturated carbocycles. The molecular weight excluding hydrogens is 775 g/mol. The molecule has 0 amide bonds. The molecule has 0 N–H and O–H groups in total. The fourth-order valence-electron chi connectivity index (χ4n) is 9.75. The van der Waals surface area contributed by atoms with E-state index in [1.165, 1.54) is 43.8 Å². The van der Waals surface area contributed by atoms with Crippen LogP contribution in [0.2, 0.25) is 0 Å². The molecule has 12 rings (SSSR count). The Hall–Kier alpha value is -8.46. The highest BCUT2D eigenvalue weighted by Gasteiger charge is 2.25. The molecule has 2 heteroatoms. The van der Waals surface area contributed by atoms with Crippen molar-refractivity contribution in [3.63, 3.8) is 0 Å². The van der Waals surface area contributed by atoms with Gasteiger partial charge in [-0.2, -0.15) is 0 Å². The van der Waals surface area contributed by atoms with Gasteiger partial charge in [-0.3, -0.25) is 0 Å². The van der Waals surface area contributed by atoms with E-state index in [1.807, 2.05) is 6.07 Å². The van der Waals surface area contributed by atoms with Gasteiger partial charge in [-0.05, 0) is 115 Å². The molecule has 0 bridgehead atoms. The van der Waals surface area contributed by atoms with Gasteiger partial charge in [-0.1, -0.05) is 200 Å². The smallest absolute Gasteiger partial charge is 0.136 e. The van der Waals surface area contributed by atoms with E-state index in [9.17, 15) is 0 Å². The Bertz CT molecular complexity index is 3660. The van der Waals surface area contributed by atoms with Crippen LogP contribution in [0, 0.1) is 0 Å². The van der Waals surface area contributed by atoms with Crippen LogP contribution >= 0.6 is 0 Å².